The average molecular weight is 639 g/mol. The third-order valence-corrected chi connectivity index (χ3v) is 10.3. The second-order valence-electron chi connectivity index (χ2n) is 12.0. The zero-order valence-corrected chi connectivity index (χ0v) is 25.9. The van der Waals surface area contributed by atoms with E-state index in [1.54, 1.807) is 18.6 Å². The van der Waals surface area contributed by atoms with Gasteiger partial charge < -0.3 is 14.0 Å². The number of aromatic nitrogens is 3. The molecule has 10 heteroatoms. The number of fused-ring (bicyclic) bond motifs is 4. The van der Waals surface area contributed by atoms with Crippen molar-refractivity contribution in [1.29, 1.82) is 0 Å². The van der Waals surface area contributed by atoms with Gasteiger partial charge in [0.15, 0.2) is 5.69 Å². The van der Waals surface area contributed by atoms with Crippen LogP contribution in [0.25, 0.3) is 27.1 Å². The van der Waals surface area contributed by atoms with Crippen LogP contribution >= 0.6 is 34.8 Å². The number of carbonyl (C=O) groups excluding carboxylic acids is 1. The molecule has 8 rings (SSSR count). The van der Waals surface area contributed by atoms with E-state index in [4.69, 9.17) is 48.8 Å². The van der Waals surface area contributed by atoms with E-state index in [-0.39, 0.29) is 16.7 Å². The molecule has 0 N–H and O–H groups in total. The fourth-order valence-electron chi connectivity index (χ4n) is 6.80. The summed E-state index contributed by atoms with van der Waals surface area (Å²) in [5.74, 6) is 0.724. The van der Waals surface area contributed by atoms with E-state index in [2.05, 4.69) is 21.2 Å². The highest BCUT2D eigenvalue weighted by Crippen LogP contribution is 2.56. The quantitative estimate of drug-likeness (QED) is 0.178. The van der Waals surface area contributed by atoms with Gasteiger partial charge in [-0.25, -0.2) is 9.78 Å². The molecule has 1 aromatic carbocycles. The molecule has 3 aromatic heterocycles. The standard InChI is InChI=1S/C33H30Cl3N3O4/c1-41-31(40)29-26(21-5-3-2-4-20(21)15-38-29)23(34)14-32-8-11-33(12-9-32,13-10-32)42-18-22-28(39-43-30(22)19-6-7-19)27-24(35)16-37-17-25(27)36/h2-5,14-17,19H,6-13,18H2,1H3/b23-14+. The number of rotatable bonds is 8. The van der Waals surface area contributed by atoms with Crippen molar-refractivity contribution in [3.8, 4) is 11.3 Å². The minimum atomic E-state index is -0.502. The Hall–Kier alpha value is -2.97. The molecule has 7 nitrogen and oxygen atoms in total. The summed E-state index contributed by atoms with van der Waals surface area (Å²) in [6, 6.07) is 7.82. The van der Waals surface area contributed by atoms with Crippen LogP contribution in [0.2, 0.25) is 10.0 Å². The molecule has 4 aliphatic carbocycles. The van der Waals surface area contributed by atoms with Gasteiger partial charge in [-0.15, -0.1) is 0 Å². The lowest BCUT2D eigenvalue weighted by Gasteiger charge is -2.52. The van der Waals surface area contributed by atoms with E-state index in [9.17, 15) is 4.79 Å². The molecule has 0 spiro atoms. The second-order valence-corrected chi connectivity index (χ2v) is 13.2. The molecule has 0 amide bonds. The van der Waals surface area contributed by atoms with Crippen molar-refractivity contribution in [3.05, 3.63) is 81.6 Å². The van der Waals surface area contributed by atoms with Crippen molar-refractivity contribution in [1.82, 2.24) is 15.1 Å². The van der Waals surface area contributed by atoms with E-state index in [1.165, 1.54) is 7.11 Å². The van der Waals surface area contributed by atoms with Crippen molar-refractivity contribution in [2.45, 2.75) is 69.5 Å². The van der Waals surface area contributed by atoms with Gasteiger partial charge in [-0.1, -0.05) is 70.3 Å². The SMILES string of the molecule is COC(=O)c1ncc2ccccc2c1/C(Cl)=C\C12CCC(OCc3c(-c4c(Cl)cncc4Cl)noc3C3CC3)(CC1)CC2. The Morgan fingerprint density at radius 3 is 2.42 bits per heavy atom. The first-order valence-electron chi connectivity index (χ1n) is 14.6. The fraction of sp³-hybridized carbons (Fsp3) is 0.394. The maximum Gasteiger partial charge on any atom is 0.357 e. The predicted octanol–water partition coefficient (Wildman–Crippen LogP) is 9.15. The lowest BCUT2D eigenvalue weighted by Crippen LogP contribution is -2.47. The molecule has 0 aliphatic heterocycles. The highest BCUT2D eigenvalue weighted by Gasteiger charge is 2.49. The van der Waals surface area contributed by atoms with Gasteiger partial charge in [-0.2, -0.15) is 0 Å². The normalized spacial score (nSPS) is 23.6. The number of hydrogen-bond donors (Lipinski definition) is 0. The highest BCUT2D eigenvalue weighted by molar-refractivity contribution is 6.50. The molecule has 4 fully saturated rings. The molecule has 2 bridgehead atoms. The number of allylic oxidation sites excluding steroid dienone is 1. The first kappa shape index (κ1) is 28.8. The van der Waals surface area contributed by atoms with Gasteiger partial charge in [0.05, 0.1) is 29.4 Å². The second kappa shape index (κ2) is 11.2. The van der Waals surface area contributed by atoms with Crippen LogP contribution in [0.1, 0.15) is 84.7 Å². The summed E-state index contributed by atoms with van der Waals surface area (Å²) >= 11 is 20.1. The minimum absolute atomic E-state index is 0.0772. The van der Waals surface area contributed by atoms with E-state index in [0.717, 1.165) is 73.5 Å². The molecule has 3 heterocycles. The summed E-state index contributed by atoms with van der Waals surface area (Å²) in [5, 5.41) is 7.60. The van der Waals surface area contributed by atoms with E-state index >= 15 is 0 Å². The van der Waals surface area contributed by atoms with Gasteiger partial charge in [0, 0.05) is 51.6 Å². The third-order valence-electron chi connectivity index (χ3n) is 9.47. The van der Waals surface area contributed by atoms with Gasteiger partial charge in [0.25, 0.3) is 0 Å². The molecule has 4 aromatic rings. The van der Waals surface area contributed by atoms with Crippen LogP contribution in [0.5, 0.6) is 0 Å². The number of benzene rings is 1. The Labute approximate surface area is 264 Å². The highest BCUT2D eigenvalue weighted by atomic mass is 35.5. The van der Waals surface area contributed by atoms with Crippen molar-refractivity contribution in [3.63, 3.8) is 0 Å². The van der Waals surface area contributed by atoms with Crippen LogP contribution in [-0.4, -0.2) is 33.8 Å². The smallest absolute Gasteiger partial charge is 0.357 e. The van der Waals surface area contributed by atoms with Crippen LogP contribution in [0, 0.1) is 5.41 Å². The molecule has 4 saturated carbocycles. The number of nitrogens with zero attached hydrogens (tertiary/aromatic N) is 3. The summed E-state index contributed by atoms with van der Waals surface area (Å²) in [5.41, 5.74) is 2.74. The lowest BCUT2D eigenvalue weighted by atomic mass is 9.58. The van der Waals surface area contributed by atoms with Crippen LogP contribution in [0.3, 0.4) is 0 Å². The minimum Gasteiger partial charge on any atom is -0.464 e. The first-order chi connectivity index (χ1) is 20.8. The van der Waals surface area contributed by atoms with Gasteiger partial charge in [0.2, 0.25) is 0 Å². The number of carbonyl (C=O) groups is 1. The van der Waals surface area contributed by atoms with Gasteiger partial charge in [-0.05, 0) is 62.2 Å². The van der Waals surface area contributed by atoms with Crippen LogP contribution < -0.4 is 0 Å². The van der Waals surface area contributed by atoms with Gasteiger partial charge in [0.1, 0.15) is 11.5 Å². The van der Waals surface area contributed by atoms with E-state index in [1.807, 2.05) is 24.3 Å². The van der Waals surface area contributed by atoms with Crippen molar-refractivity contribution < 1.29 is 18.8 Å². The van der Waals surface area contributed by atoms with Crippen molar-refractivity contribution in [2.24, 2.45) is 5.41 Å². The molecular formula is C33H30Cl3N3O4. The van der Waals surface area contributed by atoms with E-state index < -0.39 is 5.97 Å². The molecule has 0 atom stereocenters. The van der Waals surface area contributed by atoms with Crippen LogP contribution in [0.15, 0.2) is 53.5 Å². The average Bonchev–Trinajstić information content (AvgIpc) is 3.79. The Kier molecular flexibility index (Phi) is 7.49. The predicted molar refractivity (Wildman–Crippen MR) is 166 cm³/mol. The Balaban J connectivity index is 1.13. The molecule has 0 saturated heterocycles. The number of methoxy groups -OCH3 is 1. The topological polar surface area (TPSA) is 87.3 Å². The Bertz CT molecular complexity index is 1720. The lowest BCUT2D eigenvalue weighted by molar-refractivity contribution is -0.133. The summed E-state index contributed by atoms with van der Waals surface area (Å²) in [4.78, 5) is 21.2. The summed E-state index contributed by atoms with van der Waals surface area (Å²) < 4.78 is 17.7. The summed E-state index contributed by atoms with van der Waals surface area (Å²) in [7, 11) is 1.36. The fourth-order valence-corrected chi connectivity index (χ4v) is 7.76. The number of hydrogen-bond acceptors (Lipinski definition) is 7. The van der Waals surface area contributed by atoms with Crippen molar-refractivity contribution in [2.75, 3.05) is 7.11 Å². The first-order valence-corrected chi connectivity index (χ1v) is 15.7. The van der Waals surface area contributed by atoms with Crippen molar-refractivity contribution >= 4 is 56.6 Å². The van der Waals surface area contributed by atoms with Crippen LogP contribution in [0.4, 0.5) is 0 Å². The third kappa shape index (κ3) is 5.24. The maximum atomic E-state index is 12.6. The number of esters is 1. The number of halogens is 3. The molecular weight excluding hydrogens is 609 g/mol. The zero-order chi connectivity index (χ0) is 29.8. The summed E-state index contributed by atoms with van der Waals surface area (Å²) in [6.45, 7) is 0.382. The van der Waals surface area contributed by atoms with Gasteiger partial charge in [-0.3, -0.25) is 4.98 Å². The molecule has 222 valence electrons. The molecule has 0 unspecified atom stereocenters. The number of pyridine rings is 2. The Morgan fingerprint density at radius 2 is 1.74 bits per heavy atom. The van der Waals surface area contributed by atoms with Gasteiger partial charge >= 0.3 is 5.97 Å². The zero-order valence-electron chi connectivity index (χ0n) is 23.7. The molecule has 4 aliphatic rings. The largest absolute Gasteiger partial charge is 0.464 e. The monoisotopic (exact) mass is 637 g/mol. The molecule has 0 radical (unpaired) electrons. The molecule has 43 heavy (non-hydrogen) atoms. The Morgan fingerprint density at radius 1 is 1.05 bits per heavy atom. The van der Waals surface area contributed by atoms with Crippen LogP contribution in [-0.2, 0) is 16.1 Å². The number of ether oxygens (including phenoxy) is 2. The van der Waals surface area contributed by atoms with E-state index in [0.29, 0.717) is 44.4 Å². The summed E-state index contributed by atoms with van der Waals surface area (Å²) in [6.07, 6.45) is 14.6. The maximum absolute atomic E-state index is 12.6.